The van der Waals surface area contributed by atoms with Crippen LogP contribution >= 0.6 is 11.8 Å². The quantitative estimate of drug-likeness (QED) is 0.586. The van der Waals surface area contributed by atoms with Gasteiger partial charge in [0.2, 0.25) is 5.91 Å². The Morgan fingerprint density at radius 2 is 1.90 bits per heavy atom. The number of carbonyl (C=O) groups is 2. The van der Waals surface area contributed by atoms with E-state index in [0.717, 1.165) is 5.75 Å². The molecule has 116 valence electrons. The predicted octanol–water partition coefficient (Wildman–Crippen LogP) is 1.87. The molecule has 1 aromatic rings. The van der Waals surface area contributed by atoms with Gasteiger partial charge in [-0.2, -0.15) is 0 Å². The Morgan fingerprint density at radius 1 is 1.24 bits per heavy atom. The Morgan fingerprint density at radius 3 is 2.52 bits per heavy atom. The molecule has 0 saturated heterocycles. The van der Waals surface area contributed by atoms with Gasteiger partial charge in [-0.25, -0.2) is 4.79 Å². The van der Waals surface area contributed by atoms with Crippen LogP contribution in [0.15, 0.2) is 30.3 Å². The summed E-state index contributed by atoms with van der Waals surface area (Å²) in [5.74, 6) is 1.12. The summed E-state index contributed by atoms with van der Waals surface area (Å²) in [6.45, 7) is 3.75. The molecule has 0 saturated carbocycles. The van der Waals surface area contributed by atoms with E-state index in [2.05, 4.69) is 10.1 Å². The van der Waals surface area contributed by atoms with Crippen LogP contribution in [-0.4, -0.2) is 42.6 Å². The van der Waals surface area contributed by atoms with Crippen molar-refractivity contribution in [2.75, 3.05) is 25.2 Å². The van der Waals surface area contributed by atoms with Crippen LogP contribution in [0.2, 0.25) is 0 Å². The van der Waals surface area contributed by atoms with Crippen molar-refractivity contribution in [2.45, 2.75) is 19.4 Å². The van der Waals surface area contributed by atoms with Gasteiger partial charge in [-0.15, -0.1) is 11.8 Å². The third-order valence-corrected chi connectivity index (χ3v) is 3.54. The lowest BCUT2D eigenvalue weighted by atomic mass is 10.1. The summed E-state index contributed by atoms with van der Waals surface area (Å²) in [4.78, 5) is 23.2. The lowest BCUT2D eigenvalue weighted by molar-refractivity contribution is -0.149. The normalized spacial score (nSPS) is 10.8. The number of hydrogen-bond acceptors (Lipinski definition) is 5. The van der Waals surface area contributed by atoms with Gasteiger partial charge in [0.15, 0.2) is 0 Å². The van der Waals surface area contributed by atoms with Gasteiger partial charge in [0, 0.05) is 5.75 Å². The lowest BCUT2D eigenvalue weighted by Crippen LogP contribution is -2.50. The fourth-order valence-corrected chi connectivity index (χ4v) is 2.19. The predicted molar refractivity (Wildman–Crippen MR) is 83.5 cm³/mol. The SMILES string of the molecule is COC(=O)C(C)(C)NC(=O)CSCCOc1ccccc1. The maximum Gasteiger partial charge on any atom is 0.330 e. The molecule has 1 rings (SSSR count). The molecular formula is C15H21NO4S. The largest absolute Gasteiger partial charge is 0.493 e. The molecule has 1 aromatic carbocycles. The van der Waals surface area contributed by atoms with Gasteiger partial charge >= 0.3 is 5.97 Å². The van der Waals surface area contributed by atoms with Crippen molar-refractivity contribution in [1.82, 2.24) is 5.32 Å². The zero-order valence-corrected chi connectivity index (χ0v) is 13.4. The van der Waals surface area contributed by atoms with Crippen molar-refractivity contribution in [3.05, 3.63) is 30.3 Å². The van der Waals surface area contributed by atoms with Crippen LogP contribution in [0.1, 0.15) is 13.8 Å². The van der Waals surface area contributed by atoms with Crippen molar-refractivity contribution in [2.24, 2.45) is 0 Å². The van der Waals surface area contributed by atoms with E-state index >= 15 is 0 Å². The number of carbonyl (C=O) groups excluding carboxylic acids is 2. The van der Waals surface area contributed by atoms with E-state index in [1.54, 1.807) is 13.8 Å². The van der Waals surface area contributed by atoms with Crippen molar-refractivity contribution in [3.63, 3.8) is 0 Å². The molecule has 0 fully saturated rings. The molecule has 0 spiro atoms. The molecule has 0 heterocycles. The van der Waals surface area contributed by atoms with E-state index in [0.29, 0.717) is 12.4 Å². The number of rotatable bonds is 8. The van der Waals surface area contributed by atoms with Crippen molar-refractivity contribution in [3.8, 4) is 5.75 Å². The average Bonchev–Trinajstić information content (AvgIpc) is 2.46. The van der Waals surface area contributed by atoms with Gasteiger partial charge in [0.05, 0.1) is 19.5 Å². The molecule has 5 nitrogen and oxygen atoms in total. The zero-order chi connectivity index (χ0) is 15.7. The smallest absolute Gasteiger partial charge is 0.330 e. The topological polar surface area (TPSA) is 64.6 Å². The summed E-state index contributed by atoms with van der Waals surface area (Å²) in [5.41, 5.74) is -1.01. The molecule has 6 heteroatoms. The molecule has 0 bridgehead atoms. The Hall–Kier alpha value is -1.69. The minimum Gasteiger partial charge on any atom is -0.493 e. The number of thioether (sulfide) groups is 1. The van der Waals surface area contributed by atoms with Gasteiger partial charge in [-0.3, -0.25) is 4.79 Å². The number of nitrogens with one attached hydrogen (secondary N) is 1. The van der Waals surface area contributed by atoms with E-state index in [-0.39, 0.29) is 11.7 Å². The van der Waals surface area contributed by atoms with Gasteiger partial charge in [-0.05, 0) is 26.0 Å². The third kappa shape index (κ3) is 6.53. The molecule has 0 radical (unpaired) electrons. The first-order chi connectivity index (χ1) is 9.95. The van der Waals surface area contributed by atoms with Crippen LogP contribution in [0, 0.1) is 0 Å². The number of benzene rings is 1. The summed E-state index contributed by atoms with van der Waals surface area (Å²) in [6.07, 6.45) is 0. The minimum absolute atomic E-state index is 0.199. The highest BCUT2D eigenvalue weighted by molar-refractivity contribution is 7.99. The third-order valence-electron chi connectivity index (χ3n) is 2.62. The second kappa shape index (κ2) is 8.56. The highest BCUT2D eigenvalue weighted by atomic mass is 32.2. The van der Waals surface area contributed by atoms with Crippen LogP contribution in [-0.2, 0) is 14.3 Å². The summed E-state index contributed by atoms with van der Waals surface area (Å²) >= 11 is 1.45. The first-order valence-corrected chi connectivity index (χ1v) is 7.76. The molecule has 0 aliphatic carbocycles. The van der Waals surface area contributed by atoms with E-state index in [1.807, 2.05) is 30.3 Å². The molecule has 0 aliphatic rings. The number of amides is 1. The molecule has 0 aliphatic heterocycles. The first kappa shape index (κ1) is 17.4. The minimum atomic E-state index is -1.01. The van der Waals surface area contributed by atoms with Crippen LogP contribution in [0.4, 0.5) is 0 Å². The summed E-state index contributed by atoms with van der Waals surface area (Å²) < 4.78 is 10.1. The molecule has 0 atom stereocenters. The van der Waals surface area contributed by atoms with Crippen molar-refractivity contribution in [1.29, 1.82) is 0 Å². The second-order valence-corrected chi connectivity index (χ2v) is 5.98. The van der Waals surface area contributed by atoms with Gasteiger partial charge in [0.25, 0.3) is 0 Å². The van der Waals surface area contributed by atoms with E-state index < -0.39 is 11.5 Å². The number of esters is 1. The van der Waals surface area contributed by atoms with Crippen LogP contribution in [0.5, 0.6) is 5.75 Å². The standard InChI is InChI=1S/C15H21NO4S/c1-15(2,14(18)19-3)16-13(17)11-21-10-9-20-12-7-5-4-6-8-12/h4-8H,9-11H2,1-3H3,(H,16,17). The van der Waals surface area contributed by atoms with Crippen molar-refractivity contribution >= 4 is 23.6 Å². The number of para-hydroxylation sites is 1. The van der Waals surface area contributed by atoms with E-state index in [9.17, 15) is 9.59 Å². The monoisotopic (exact) mass is 311 g/mol. The maximum absolute atomic E-state index is 11.7. The summed E-state index contributed by atoms with van der Waals surface area (Å²) in [6, 6.07) is 9.51. The van der Waals surface area contributed by atoms with Crippen LogP contribution in [0.3, 0.4) is 0 Å². The lowest BCUT2D eigenvalue weighted by Gasteiger charge is -2.22. The Kier molecular flexibility index (Phi) is 7.08. The number of methoxy groups -OCH3 is 1. The van der Waals surface area contributed by atoms with Crippen LogP contribution in [0.25, 0.3) is 0 Å². The average molecular weight is 311 g/mol. The maximum atomic E-state index is 11.7. The molecule has 0 aromatic heterocycles. The second-order valence-electron chi connectivity index (χ2n) is 4.88. The zero-order valence-electron chi connectivity index (χ0n) is 12.5. The van der Waals surface area contributed by atoms with Gasteiger partial charge < -0.3 is 14.8 Å². The number of hydrogen-bond donors (Lipinski definition) is 1. The fourth-order valence-electron chi connectivity index (χ4n) is 1.59. The van der Waals surface area contributed by atoms with E-state index in [4.69, 9.17) is 4.74 Å². The molecule has 1 N–H and O–H groups in total. The summed E-state index contributed by atoms with van der Waals surface area (Å²) in [5, 5.41) is 2.64. The molecule has 1 amide bonds. The molecular weight excluding hydrogens is 290 g/mol. The van der Waals surface area contributed by atoms with Gasteiger partial charge in [-0.1, -0.05) is 18.2 Å². The molecule has 21 heavy (non-hydrogen) atoms. The van der Waals surface area contributed by atoms with E-state index in [1.165, 1.54) is 18.9 Å². The highest BCUT2D eigenvalue weighted by Crippen LogP contribution is 2.10. The Balaban J connectivity index is 2.18. The Bertz CT molecular complexity index is 462. The molecule has 0 unspecified atom stereocenters. The summed E-state index contributed by atoms with van der Waals surface area (Å²) in [7, 11) is 1.30. The fraction of sp³-hybridized carbons (Fsp3) is 0.467. The van der Waals surface area contributed by atoms with Crippen LogP contribution < -0.4 is 10.1 Å². The number of ether oxygens (including phenoxy) is 2. The Labute approximate surface area is 129 Å². The van der Waals surface area contributed by atoms with Crippen molar-refractivity contribution < 1.29 is 19.1 Å². The first-order valence-electron chi connectivity index (χ1n) is 6.61. The van der Waals surface area contributed by atoms with Gasteiger partial charge in [0.1, 0.15) is 11.3 Å². The highest BCUT2D eigenvalue weighted by Gasteiger charge is 2.30.